The number of rotatable bonds is 2. The Kier molecular flexibility index (Phi) is 7.33. The van der Waals surface area contributed by atoms with Gasteiger partial charge in [-0.1, -0.05) is 32.9 Å². The van der Waals surface area contributed by atoms with Gasteiger partial charge in [-0.05, 0) is 62.4 Å². The van der Waals surface area contributed by atoms with E-state index in [0.717, 1.165) is 18.5 Å². The Morgan fingerprint density at radius 3 is 2.46 bits per heavy atom. The number of hydrogen-bond donors (Lipinski definition) is 1. The van der Waals surface area contributed by atoms with Gasteiger partial charge in [-0.25, -0.2) is 4.79 Å². The summed E-state index contributed by atoms with van der Waals surface area (Å²) in [6.45, 7) is 13.0. The van der Waals surface area contributed by atoms with Crippen LogP contribution in [0.5, 0.6) is 0 Å². The van der Waals surface area contributed by atoms with E-state index in [1.165, 1.54) is 16.7 Å². The Hall–Kier alpha value is -1.97. The van der Waals surface area contributed by atoms with E-state index in [1.54, 1.807) is 4.90 Å². The van der Waals surface area contributed by atoms with Crippen molar-refractivity contribution in [2.24, 2.45) is 0 Å². The van der Waals surface area contributed by atoms with Crippen LogP contribution in [0.3, 0.4) is 0 Å². The van der Waals surface area contributed by atoms with Crippen molar-refractivity contribution in [3.63, 3.8) is 0 Å². The molecule has 2 rings (SSSR count). The Bertz CT molecular complexity index is 586. The number of anilines is 1. The quantitative estimate of drug-likeness (QED) is 0.785. The van der Waals surface area contributed by atoms with Gasteiger partial charge in [0.15, 0.2) is 0 Å². The number of nitrogen functional groups attached to an aromatic ring is 1. The maximum absolute atomic E-state index is 12.1. The van der Waals surface area contributed by atoms with E-state index < -0.39 is 5.60 Å². The molecule has 1 aliphatic rings. The molecule has 0 radical (unpaired) electrons. The predicted molar refractivity (Wildman–Crippen MR) is 102 cm³/mol. The number of hydrogen-bond acceptors (Lipinski definition) is 3. The molecule has 0 spiro atoms. The molecule has 1 aromatic carbocycles. The number of aryl methyl sites for hydroxylation is 1. The lowest BCUT2D eigenvalue weighted by Gasteiger charge is -2.29. The van der Waals surface area contributed by atoms with Crippen molar-refractivity contribution in [1.82, 2.24) is 4.90 Å². The summed E-state index contributed by atoms with van der Waals surface area (Å²) in [6.07, 6.45) is 3.64. The topological polar surface area (TPSA) is 55.6 Å². The van der Waals surface area contributed by atoms with Gasteiger partial charge in [-0.3, -0.25) is 0 Å². The van der Waals surface area contributed by atoms with Gasteiger partial charge in [0, 0.05) is 18.8 Å². The average molecular weight is 332 g/mol. The van der Waals surface area contributed by atoms with Gasteiger partial charge in [-0.2, -0.15) is 0 Å². The molecule has 24 heavy (non-hydrogen) atoms. The molecule has 1 aliphatic heterocycles. The standard InChI is InChI=1S/C18H26N2O2.C2H6/c1-5-13-12-15(6-7-16(13)19)14-8-10-20(11-9-14)17(21)22-18(2,3)4;1-2/h6-8,12H,5,9-11,19H2,1-4H3;1-2H3. The smallest absolute Gasteiger partial charge is 0.410 e. The molecule has 1 heterocycles. The summed E-state index contributed by atoms with van der Waals surface area (Å²) in [5, 5.41) is 0. The Balaban J connectivity index is 0.00000139. The maximum atomic E-state index is 12.1. The molecule has 4 heteroatoms. The van der Waals surface area contributed by atoms with Gasteiger partial charge >= 0.3 is 6.09 Å². The largest absolute Gasteiger partial charge is 0.444 e. The van der Waals surface area contributed by atoms with E-state index in [9.17, 15) is 4.79 Å². The van der Waals surface area contributed by atoms with E-state index in [4.69, 9.17) is 10.5 Å². The lowest BCUT2D eigenvalue weighted by molar-refractivity contribution is 0.0270. The molecule has 0 atom stereocenters. The van der Waals surface area contributed by atoms with Crippen molar-refractivity contribution in [2.45, 2.75) is 60.0 Å². The number of amides is 1. The second-order valence-electron chi connectivity index (χ2n) is 6.67. The molecule has 1 amide bonds. The molecule has 0 bridgehead atoms. The number of ether oxygens (including phenoxy) is 1. The highest BCUT2D eigenvalue weighted by Gasteiger charge is 2.23. The molecule has 0 fully saturated rings. The Morgan fingerprint density at radius 1 is 1.29 bits per heavy atom. The lowest BCUT2D eigenvalue weighted by Crippen LogP contribution is -2.39. The van der Waals surface area contributed by atoms with Crippen LogP contribution in [0.1, 0.15) is 59.1 Å². The van der Waals surface area contributed by atoms with Crippen LogP contribution < -0.4 is 5.73 Å². The molecule has 2 N–H and O–H groups in total. The first-order valence-electron chi connectivity index (χ1n) is 8.86. The third kappa shape index (κ3) is 5.59. The molecule has 0 unspecified atom stereocenters. The van der Waals surface area contributed by atoms with E-state index in [1.807, 2.05) is 40.7 Å². The van der Waals surface area contributed by atoms with Crippen LogP contribution in [-0.2, 0) is 11.2 Å². The van der Waals surface area contributed by atoms with Crippen molar-refractivity contribution in [3.05, 3.63) is 35.4 Å². The van der Waals surface area contributed by atoms with Gasteiger partial charge in [0.05, 0.1) is 0 Å². The molecular weight excluding hydrogens is 300 g/mol. The molecule has 0 aliphatic carbocycles. The molecule has 134 valence electrons. The summed E-state index contributed by atoms with van der Waals surface area (Å²) >= 11 is 0. The van der Waals surface area contributed by atoms with Crippen LogP contribution in [0.4, 0.5) is 10.5 Å². The second-order valence-corrected chi connectivity index (χ2v) is 6.67. The number of carbonyl (C=O) groups is 1. The number of carbonyl (C=O) groups excluding carboxylic acids is 1. The monoisotopic (exact) mass is 332 g/mol. The number of nitrogens with two attached hydrogens (primary N) is 1. The van der Waals surface area contributed by atoms with Gasteiger partial charge in [0.2, 0.25) is 0 Å². The van der Waals surface area contributed by atoms with E-state index in [-0.39, 0.29) is 6.09 Å². The van der Waals surface area contributed by atoms with Gasteiger partial charge < -0.3 is 15.4 Å². The third-order valence-electron chi connectivity index (χ3n) is 3.76. The fourth-order valence-corrected chi connectivity index (χ4v) is 2.54. The van der Waals surface area contributed by atoms with Gasteiger partial charge in [-0.15, -0.1) is 0 Å². The van der Waals surface area contributed by atoms with Crippen LogP contribution in [-0.4, -0.2) is 29.7 Å². The van der Waals surface area contributed by atoms with Crippen molar-refractivity contribution in [2.75, 3.05) is 18.8 Å². The molecule has 4 nitrogen and oxygen atoms in total. The highest BCUT2D eigenvalue weighted by atomic mass is 16.6. The molecule has 0 saturated heterocycles. The number of nitrogens with zero attached hydrogens (tertiary/aromatic N) is 1. The SMILES string of the molecule is CC.CCc1cc(C2=CCN(C(=O)OC(C)(C)C)CC2)ccc1N. The zero-order chi connectivity index (χ0) is 18.3. The Morgan fingerprint density at radius 2 is 1.96 bits per heavy atom. The second kappa shape index (κ2) is 8.76. The fraction of sp³-hybridized carbons (Fsp3) is 0.550. The molecule has 0 aromatic heterocycles. The maximum Gasteiger partial charge on any atom is 0.410 e. The third-order valence-corrected chi connectivity index (χ3v) is 3.76. The minimum absolute atomic E-state index is 0.241. The molecule has 0 saturated carbocycles. The summed E-state index contributed by atoms with van der Waals surface area (Å²) in [5.41, 5.74) is 10.0. The van der Waals surface area contributed by atoms with Gasteiger partial charge in [0.25, 0.3) is 0 Å². The van der Waals surface area contributed by atoms with E-state index in [0.29, 0.717) is 13.1 Å². The van der Waals surface area contributed by atoms with Gasteiger partial charge in [0.1, 0.15) is 5.60 Å². The summed E-state index contributed by atoms with van der Waals surface area (Å²) in [6, 6.07) is 6.18. The summed E-state index contributed by atoms with van der Waals surface area (Å²) < 4.78 is 5.41. The summed E-state index contributed by atoms with van der Waals surface area (Å²) in [5.74, 6) is 0. The van der Waals surface area contributed by atoms with E-state index >= 15 is 0 Å². The highest BCUT2D eigenvalue weighted by molar-refractivity contribution is 5.73. The molecule has 1 aromatic rings. The molecular formula is C20H32N2O2. The predicted octanol–water partition coefficient (Wildman–Crippen LogP) is 4.88. The first kappa shape index (κ1) is 20.1. The summed E-state index contributed by atoms with van der Waals surface area (Å²) in [4.78, 5) is 13.8. The first-order valence-corrected chi connectivity index (χ1v) is 8.86. The lowest BCUT2D eigenvalue weighted by atomic mass is 9.96. The minimum Gasteiger partial charge on any atom is -0.444 e. The van der Waals surface area contributed by atoms with Crippen LogP contribution in [0, 0.1) is 0 Å². The van der Waals surface area contributed by atoms with Crippen molar-refractivity contribution >= 4 is 17.4 Å². The first-order chi connectivity index (χ1) is 11.3. The van der Waals surface area contributed by atoms with Crippen molar-refractivity contribution < 1.29 is 9.53 Å². The van der Waals surface area contributed by atoms with Crippen LogP contribution >= 0.6 is 0 Å². The van der Waals surface area contributed by atoms with Crippen LogP contribution in [0.25, 0.3) is 5.57 Å². The van der Waals surface area contributed by atoms with Crippen molar-refractivity contribution in [1.29, 1.82) is 0 Å². The minimum atomic E-state index is -0.450. The zero-order valence-electron chi connectivity index (χ0n) is 16.0. The summed E-state index contributed by atoms with van der Waals surface area (Å²) in [7, 11) is 0. The zero-order valence-corrected chi connectivity index (χ0v) is 16.0. The normalized spacial score (nSPS) is 14.4. The number of benzene rings is 1. The average Bonchev–Trinajstić information content (AvgIpc) is 2.56. The fourth-order valence-electron chi connectivity index (χ4n) is 2.54. The Labute approximate surface area is 146 Å². The van der Waals surface area contributed by atoms with E-state index in [2.05, 4.69) is 25.1 Å². The van der Waals surface area contributed by atoms with Crippen LogP contribution in [0.15, 0.2) is 24.3 Å². The van der Waals surface area contributed by atoms with Crippen LogP contribution in [0.2, 0.25) is 0 Å². The van der Waals surface area contributed by atoms with Crippen molar-refractivity contribution in [3.8, 4) is 0 Å². The highest BCUT2D eigenvalue weighted by Crippen LogP contribution is 2.26.